The van der Waals surface area contributed by atoms with Crippen molar-refractivity contribution < 1.29 is 9.53 Å². The molecule has 5 rings (SSSR count). The molecular formula is C33H40N4O2. The third kappa shape index (κ3) is 6.12. The Balaban J connectivity index is 1.44. The monoisotopic (exact) mass is 524 g/mol. The second kappa shape index (κ2) is 12.4. The van der Waals surface area contributed by atoms with E-state index in [-0.39, 0.29) is 5.91 Å². The highest BCUT2D eigenvalue weighted by Gasteiger charge is 2.25. The number of H-pyrrole nitrogens is 1. The minimum absolute atomic E-state index is 0.00376. The zero-order valence-electron chi connectivity index (χ0n) is 23.4. The number of aromatic nitrogens is 1. The van der Waals surface area contributed by atoms with Crippen LogP contribution < -0.4 is 15.0 Å². The van der Waals surface area contributed by atoms with E-state index in [1.165, 1.54) is 0 Å². The quantitative estimate of drug-likeness (QED) is 0.216. The highest BCUT2D eigenvalue weighted by atomic mass is 16.5. The molecule has 1 atom stereocenters. The maximum Gasteiger partial charge on any atom is 0.258 e. The molecule has 2 heterocycles. The van der Waals surface area contributed by atoms with Gasteiger partial charge in [-0.2, -0.15) is 0 Å². The number of carbonyl (C=O) groups is 1. The zero-order valence-corrected chi connectivity index (χ0v) is 23.4. The van der Waals surface area contributed by atoms with Gasteiger partial charge in [-0.3, -0.25) is 4.79 Å². The van der Waals surface area contributed by atoms with Gasteiger partial charge in [0.1, 0.15) is 5.75 Å². The lowest BCUT2D eigenvalue weighted by atomic mass is 10.0. The Morgan fingerprint density at radius 1 is 1.05 bits per heavy atom. The number of aromatic amines is 1. The van der Waals surface area contributed by atoms with E-state index in [1.54, 1.807) is 0 Å². The van der Waals surface area contributed by atoms with Gasteiger partial charge in [0, 0.05) is 42.0 Å². The first-order valence-electron chi connectivity index (χ1n) is 14.3. The fourth-order valence-electron chi connectivity index (χ4n) is 5.43. The van der Waals surface area contributed by atoms with Gasteiger partial charge in [-0.1, -0.05) is 32.0 Å². The van der Waals surface area contributed by atoms with Gasteiger partial charge < -0.3 is 24.8 Å². The number of amides is 1. The van der Waals surface area contributed by atoms with Crippen molar-refractivity contribution in [2.45, 2.75) is 46.1 Å². The number of fused-ring (bicyclic) bond motifs is 2. The van der Waals surface area contributed by atoms with Gasteiger partial charge in [-0.15, -0.1) is 0 Å². The van der Waals surface area contributed by atoms with Crippen LogP contribution in [-0.4, -0.2) is 54.6 Å². The molecule has 6 heteroatoms. The Bertz CT molecular complexity index is 1410. The summed E-state index contributed by atoms with van der Waals surface area (Å²) in [5.74, 6) is 0.750. The zero-order chi connectivity index (χ0) is 27.2. The van der Waals surface area contributed by atoms with Crippen LogP contribution in [0, 0.1) is 0 Å². The van der Waals surface area contributed by atoms with E-state index in [4.69, 9.17) is 4.74 Å². The Hall–Kier alpha value is -3.77. The minimum atomic E-state index is -0.00376. The number of ether oxygens (including phenoxy) is 1. The molecule has 0 spiro atoms. The lowest BCUT2D eigenvalue weighted by Crippen LogP contribution is -2.32. The number of hydrogen-bond acceptors (Lipinski definition) is 4. The van der Waals surface area contributed by atoms with Crippen LogP contribution in [0.25, 0.3) is 22.0 Å². The molecule has 39 heavy (non-hydrogen) atoms. The van der Waals surface area contributed by atoms with Crippen LogP contribution in [0.2, 0.25) is 0 Å². The van der Waals surface area contributed by atoms with Gasteiger partial charge in [0.25, 0.3) is 5.91 Å². The summed E-state index contributed by atoms with van der Waals surface area (Å²) in [6.45, 7) is 11.0. The second-order valence-corrected chi connectivity index (χ2v) is 10.4. The summed E-state index contributed by atoms with van der Waals surface area (Å²) >= 11 is 0. The third-order valence-electron chi connectivity index (χ3n) is 7.58. The molecule has 1 aromatic heterocycles. The molecule has 0 saturated carbocycles. The number of anilines is 2. The second-order valence-electron chi connectivity index (χ2n) is 10.4. The number of carbonyl (C=O) groups excluding carboxylic acids is 1. The molecular weight excluding hydrogens is 484 g/mol. The van der Waals surface area contributed by atoms with Crippen molar-refractivity contribution in [3.63, 3.8) is 0 Å². The van der Waals surface area contributed by atoms with Gasteiger partial charge in [0.2, 0.25) is 0 Å². The Labute approximate surface area is 232 Å². The first-order chi connectivity index (χ1) is 19.1. The van der Waals surface area contributed by atoms with Gasteiger partial charge >= 0.3 is 0 Å². The van der Waals surface area contributed by atoms with E-state index in [2.05, 4.69) is 60.2 Å². The minimum Gasteiger partial charge on any atom is -0.493 e. The van der Waals surface area contributed by atoms with Crippen LogP contribution in [-0.2, 0) is 0 Å². The lowest BCUT2D eigenvalue weighted by molar-refractivity contribution is 0.0986. The summed E-state index contributed by atoms with van der Waals surface area (Å²) in [6.07, 6.45) is 4.92. The maximum atomic E-state index is 13.9. The molecule has 1 amide bonds. The number of para-hydroxylation sites is 2. The molecule has 2 N–H and O–H groups in total. The maximum absolute atomic E-state index is 13.9. The van der Waals surface area contributed by atoms with E-state index in [1.807, 2.05) is 53.6 Å². The van der Waals surface area contributed by atoms with Crippen molar-refractivity contribution in [1.82, 2.24) is 9.88 Å². The topological polar surface area (TPSA) is 60.6 Å². The van der Waals surface area contributed by atoms with Crippen molar-refractivity contribution in [3.8, 4) is 16.9 Å². The summed E-state index contributed by atoms with van der Waals surface area (Å²) in [5.41, 5.74) is 5.74. The Morgan fingerprint density at radius 2 is 1.92 bits per heavy atom. The SMILES string of the molecule is CCCN(CC)CCCOc1cc(C(=O)N2CC[C@H](C)Nc3ccccc32)ccc1-c1ccc2[nH]ccc2c1. The van der Waals surface area contributed by atoms with Crippen LogP contribution in [0.1, 0.15) is 50.4 Å². The molecule has 1 aliphatic rings. The van der Waals surface area contributed by atoms with Crippen molar-refractivity contribution in [2.75, 3.05) is 43.0 Å². The first-order valence-corrected chi connectivity index (χ1v) is 14.3. The number of hydrogen-bond donors (Lipinski definition) is 2. The first kappa shape index (κ1) is 26.8. The van der Waals surface area contributed by atoms with Crippen molar-refractivity contribution in [3.05, 3.63) is 78.5 Å². The normalized spacial score (nSPS) is 15.2. The van der Waals surface area contributed by atoms with Gasteiger partial charge in [-0.05, 0) is 98.8 Å². The third-order valence-corrected chi connectivity index (χ3v) is 7.58. The molecule has 0 unspecified atom stereocenters. The molecule has 3 aromatic carbocycles. The van der Waals surface area contributed by atoms with Gasteiger partial charge in [0.15, 0.2) is 0 Å². The fraction of sp³-hybridized carbons (Fsp3) is 0.364. The van der Waals surface area contributed by atoms with Crippen LogP contribution >= 0.6 is 0 Å². The van der Waals surface area contributed by atoms with E-state index >= 15 is 0 Å². The summed E-state index contributed by atoms with van der Waals surface area (Å²) in [5, 5.41) is 4.70. The highest BCUT2D eigenvalue weighted by molar-refractivity contribution is 6.08. The van der Waals surface area contributed by atoms with Crippen molar-refractivity contribution in [1.29, 1.82) is 0 Å². The average Bonchev–Trinajstić information content (AvgIpc) is 3.36. The largest absolute Gasteiger partial charge is 0.493 e. The molecule has 0 bridgehead atoms. The molecule has 1 aliphatic heterocycles. The number of benzene rings is 3. The Kier molecular flexibility index (Phi) is 8.52. The lowest BCUT2D eigenvalue weighted by Gasteiger charge is -2.23. The average molecular weight is 525 g/mol. The summed E-state index contributed by atoms with van der Waals surface area (Å²) in [6, 6.07) is 22.7. The van der Waals surface area contributed by atoms with Crippen LogP contribution in [0.15, 0.2) is 72.9 Å². The standard InChI is InChI=1S/C33H40N4O2/c1-4-18-36(5-2)19-8-21-39-32-23-27(11-13-28(32)25-12-14-29-26(22-25)15-17-34-29)33(38)37-20-16-24(3)35-30-9-6-7-10-31(30)37/h6-7,9-15,17,22-24,34-35H,4-5,8,16,18-21H2,1-3H3/t24-/m0/s1. The highest BCUT2D eigenvalue weighted by Crippen LogP contribution is 2.35. The van der Waals surface area contributed by atoms with Crippen LogP contribution in [0.3, 0.4) is 0 Å². The van der Waals surface area contributed by atoms with Gasteiger partial charge in [-0.25, -0.2) is 0 Å². The molecule has 204 valence electrons. The smallest absolute Gasteiger partial charge is 0.258 e. The van der Waals surface area contributed by atoms with E-state index in [9.17, 15) is 4.79 Å². The van der Waals surface area contributed by atoms with E-state index in [0.29, 0.717) is 24.8 Å². The van der Waals surface area contributed by atoms with Crippen molar-refractivity contribution in [2.24, 2.45) is 0 Å². The number of nitrogens with one attached hydrogen (secondary N) is 2. The predicted octanol–water partition coefficient (Wildman–Crippen LogP) is 7.19. The molecule has 0 fully saturated rings. The van der Waals surface area contributed by atoms with E-state index in [0.717, 1.165) is 78.1 Å². The van der Waals surface area contributed by atoms with Gasteiger partial charge in [0.05, 0.1) is 18.0 Å². The number of rotatable bonds is 10. The fourth-order valence-corrected chi connectivity index (χ4v) is 5.43. The molecule has 0 saturated heterocycles. The number of nitrogens with zero attached hydrogens (tertiary/aromatic N) is 2. The van der Waals surface area contributed by atoms with Crippen LogP contribution in [0.5, 0.6) is 5.75 Å². The predicted molar refractivity (Wildman–Crippen MR) is 162 cm³/mol. The molecule has 4 aromatic rings. The van der Waals surface area contributed by atoms with Crippen LogP contribution in [0.4, 0.5) is 11.4 Å². The molecule has 6 nitrogen and oxygen atoms in total. The summed E-state index contributed by atoms with van der Waals surface area (Å²) in [7, 11) is 0. The molecule has 0 aliphatic carbocycles. The van der Waals surface area contributed by atoms with Crippen molar-refractivity contribution >= 4 is 28.2 Å². The summed E-state index contributed by atoms with van der Waals surface area (Å²) in [4.78, 5) is 21.5. The summed E-state index contributed by atoms with van der Waals surface area (Å²) < 4.78 is 6.43. The van der Waals surface area contributed by atoms with E-state index < -0.39 is 0 Å². The Morgan fingerprint density at radius 3 is 2.77 bits per heavy atom. The molecule has 0 radical (unpaired) electrons.